The minimum absolute atomic E-state index is 0.0945. The van der Waals surface area contributed by atoms with Gasteiger partial charge in [0.2, 0.25) is 0 Å². The number of nitrogens with two attached hydrogens (primary N) is 1. The van der Waals surface area contributed by atoms with Gasteiger partial charge in [0.25, 0.3) is 5.91 Å². The van der Waals surface area contributed by atoms with Gasteiger partial charge in [-0.15, -0.1) is 0 Å². The number of nitrogens with one attached hydrogen (secondary N) is 2. The van der Waals surface area contributed by atoms with E-state index < -0.39 is 24.5 Å². The van der Waals surface area contributed by atoms with Gasteiger partial charge in [-0.2, -0.15) is 0 Å². The molecule has 8 nitrogen and oxygen atoms in total. The first kappa shape index (κ1) is 21.6. The lowest BCUT2D eigenvalue weighted by molar-refractivity contribution is -0.139. The largest absolute Gasteiger partial charge is 0.482 e. The van der Waals surface area contributed by atoms with Crippen LogP contribution < -0.4 is 15.8 Å². The Hall–Kier alpha value is -3.68. The van der Waals surface area contributed by atoms with Crippen molar-refractivity contribution in [2.24, 2.45) is 11.7 Å². The van der Waals surface area contributed by atoms with Crippen molar-refractivity contribution in [3.8, 4) is 5.75 Å². The molecule has 2 aromatic rings. The number of benzene rings is 2. The van der Waals surface area contributed by atoms with E-state index in [1.807, 2.05) is 13.8 Å². The molecular formula is C21H23N3O5. The fourth-order valence-corrected chi connectivity index (χ4v) is 2.60. The van der Waals surface area contributed by atoms with Crippen molar-refractivity contribution in [1.82, 2.24) is 5.32 Å². The molecule has 29 heavy (non-hydrogen) atoms. The highest BCUT2D eigenvalue weighted by molar-refractivity contribution is 6.05. The van der Waals surface area contributed by atoms with Crippen LogP contribution in [-0.2, 0) is 4.79 Å². The predicted molar refractivity (Wildman–Crippen MR) is 107 cm³/mol. The molecule has 152 valence electrons. The van der Waals surface area contributed by atoms with Crippen molar-refractivity contribution in [3.63, 3.8) is 0 Å². The first-order valence-corrected chi connectivity index (χ1v) is 8.93. The Morgan fingerprint density at radius 1 is 1.00 bits per heavy atom. The molecule has 0 aliphatic heterocycles. The number of hydrogen-bond donors (Lipinski definition) is 4. The highest BCUT2D eigenvalue weighted by Gasteiger charge is 2.25. The molecule has 0 aliphatic rings. The Morgan fingerprint density at radius 3 is 2.00 bits per heavy atom. The summed E-state index contributed by atoms with van der Waals surface area (Å²) in [4.78, 5) is 36.0. The van der Waals surface area contributed by atoms with Crippen molar-refractivity contribution < 1.29 is 24.2 Å². The number of hydrogen-bond acceptors (Lipinski definition) is 5. The van der Waals surface area contributed by atoms with Gasteiger partial charge in [-0.3, -0.25) is 15.0 Å². The van der Waals surface area contributed by atoms with Crippen molar-refractivity contribution in [2.75, 3.05) is 6.61 Å². The fourth-order valence-electron chi connectivity index (χ4n) is 2.60. The monoisotopic (exact) mass is 397 g/mol. The lowest BCUT2D eigenvalue weighted by Crippen LogP contribution is -2.44. The SMILES string of the molecule is CC(C)C(NC(=O)c1ccc(C(=N)N)cc1)C(=O)c1ccc(OCC(=O)O)cc1. The van der Waals surface area contributed by atoms with Crippen molar-refractivity contribution >= 4 is 23.5 Å². The highest BCUT2D eigenvalue weighted by atomic mass is 16.5. The number of carboxylic acid groups (broad SMARTS) is 1. The number of aliphatic carboxylic acids is 1. The molecule has 8 heteroatoms. The molecule has 0 saturated carbocycles. The van der Waals surface area contributed by atoms with Gasteiger partial charge in [0.05, 0.1) is 6.04 Å². The first-order chi connectivity index (χ1) is 13.7. The van der Waals surface area contributed by atoms with Gasteiger partial charge in [-0.1, -0.05) is 26.0 Å². The minimum Gasteiger partial charge on any atom is -0.482 e. The van der Waals surface area contributed by atoms with Crippen molar-refractivity contribution in [3.05, 3.63) is 65.2 Å². The van der Waals surface area contributed by atoms with Crippen molar-refractivity contribution in [1.29, 1.82) is 5.41 Å². The van der Waals surface area contributed by atoms with E-state index in [1.165, 1.54) is 24.3 Å². The maximum atomic E-state index is 12.9. The van der Waals surface area contributed by atoms with E-state index in [2.05, 4.69) is 5.32 Å². The zero-order valence-corrected chi connectivity index (χ0v) is 16.1. The van der Waals surface area contributed by atoms with Crippen LogP contribution in [0, 0.1) is 11.3 Å². The summed E-state index contributed by atoms with van der Waals surface area (Å²) < 4.78 is 5.05. The summed E-state index contributed by atoms with van der Waals surface area (Å²) in [5.41, 5.74) is 6.64. The van der Waals surface area contributed by atoms with Gasteiger partial charge in [-0.05, 0) is 42.3 Å². The molecule has 5 N–H and O–H groups in total. The molecule has 0 heterocycles. The van der Waals surface area contributed by atoms with E-state index in [1.54, 1.807) is 24.3 Å². The third-order valence-corrected chi connectivity index (χ3v) is 4.19. The van der Waals surface area contributed by atoms with Crippen LogP contribution >= 0.6 is 0 Å². The summed E-state index contributed by atoms with van der Waals surface area (Å²) >= 11 is 0. The van der Waals surface area contributed by atoms with Gasteiger partial charge in [0, 0.05) is 16.7 Å². The van der Waals surface area contributed by atoms with E-state index in [9.17, 15) is 14.4 Å². The molecule has 0 aliphatic carbocycles. The van der Waals surface area contributed by atoms with Gasteiger partial charge in [-0.25, -0.2) is 4.79 Å². The number of carboxylic acids is 1. The molecular weight excluding hydrogens is 374 g/mol. The van der Waals surface area contributed by atoms with Crippen LogP contribution in [0.2, 0.25) is 0 Å². The average Bonchev–Trinajstić information content (AvgIpc) is 2.70. The lowest BCUT2D eigenvalue weighted by atomic mass is 9.94. The number of ketones is 1. The first-order valence-electron chi connectivity index (χ1n) is 8.93. The molecule has 2 rings (SSSR count). The second-order valence-electron chi connectivity index (χ2n) is 6.76. The Bertz CT molecular complexity index is 905. The maximum absolute atomic E-state index is 12.9. The average molecular weight is 397 g/mol. The van der Waals surface area contributed by atoms with E-state index >= 15 is 0 Å². The third-order valence-electron chi connectivity index (χ3n) is 4.19. The Labute approximate surface area is 168 Å². The number of rotatable bonds is 9. The van der Waals surface area contributed by atoms with Crippen LogP contribution in [0.5, 0.6) is 5.75 Å². The zero-order valence-electron chi connectivity index (χ0n) is 16.1. The summed E-state index contributed by atoms with van der Waals surface area (Å²) in [5, 5.41) is 18.8. The Morgan fingerprint density at radius 2 is 1.52 bits per heavy atom. The molecule has 2 aromatic carbocycles. The number of Topliss-reactive ketones (excluding diaryl/α,β-unsaturated/α-hetero) is 1. The molecule has 0 radical (unpaired) electrons. The molecule has 0 saturated heterocycles. The standard InChI is InChI=1S/C21H23N3O5/c1-12(2)18(24-21(28)15-5-3-14(4-6-15)20(22)23)19(27)13-7-9-16(10-8-13)29-11-17(25)26/h3-10,12,18H,11H2,1-2H3,(H3,22,23)(H,24,28)(H,25,26). The molecule has 0 fully saturated rings. The van der Waals surface area contributed by atoms with Crippen LogP contribution in [0.3, 0.4) is 0 Å². The molecule has 0 bridgehead atoms. The van der Waals surface area contributed by atoms with Crippen LogP contribution in [0.1, 0.15) is 40.1 Å². The van der Waals surface area contributed by atoms with Crippen LogP contribution in [0.4, 0.5) is 0 Å². The molecule has 1 atom stereocenters. The minimum atomic E-state index is -1.09. The number of carbonyl (C=O) groups excluding carboxylic acids is 2. The smallest absolute Gasteiger partial charge is 0.341 e. The normalized spacial score (nSPS) is 11.6. The van der Waals surface area contributed by atoms with Gasteiger partial charge < -0.3 is 20.9 Å². The summed E-state index contributed by atoms with van der Waals surface area (Å²) in [5.74, 6) is -1.69. The Kier molecular flexibility index (Phi) is 7.08. The number of ether oxygens (including phenoxy) is 1. The van der Waals surface area contributed by atoms with E-state index in [0.29, 0.717) is 22.4 Å². The van der Waals surface area contributed by atoms with Crippen LogP contribution in [0.25, 0.3) is 0 Å². The zero-order chi connectivity index (χ0) is 21.6. The van der Waals surface area contributed by atoms with Gasteiger partial charge in [0.1, 0.15) is 11.6 Å². The number of amides is 1. The summed E-state index contributed by atoms with van der Waals surface area (Å²) in [6.07, 6.45) is 0. The van der Waals surface area contributed by atoms with E-state index in [4.69, 9.17) is 21.0 Å². The maximum Gasteiger partial charge on any atom is 0.341 e. The topological polar surface area (TPSA) is 143 Å². The summed E-state index contributed by atoms with van der Waals surface area (Å²) in [6.45, 7) is 3.18. The van der Waals surface area contributed by atoms with Crippen LogP contribution in [0.15, 0.2) is 48.5 Å². The molecule has 1 unspecified atom stereocenters. The van der Waals surface area contributed by atoms with Gasteiger partial charge >= 0.3 is 5.97 Å². The summed E-state index contributed by atoms with van der Waals surface area (Å²) in [7, 11) is 0. The van der Waals surface area contributed by atoms with Crippen LogP contribution in [-0.4, -0.2) is 41.3 Å². The molecule has 1 amide bonds. The lowest BCUT2D eigenvalue weighted by Gasteiger charge is -2.21. The summed E-state index contributed by atoms with van der Waals surface area (Å²) in [6, 6.07) is 11.6. The fraction of sp³-hybridized carbons (Fsp3) is 0.238. The number of carbonyl (C=O) groups is 3. The molecule has 0 spiro atoms. The number of amidine groups is 1. The predicted octanol–water partition coefficient (Wildman–Crippen LogP) is 2.07. The third kappa shape index (κ3) is 5.90. The second-order valence-corrected chi connectivity index (χ2v) is 6.76. The quantitative estimate of drug-likeness (QED) is 0.290. The van der Waals surface area contributed by atoms with E-state index in [0.717, 1.165) is 0 Å². The van der Waals surface area contributed by atoms with Crippen molar-refractivity contribution in [2.45, 2.75) is 19.9 Å². The highest BCUT2D eigenvalue weighted by Crippen LogP contribution is 2.16. The Balaban J connectivity index is 2.11. The number of nitrogen functional groups attached to an aromatic ring is 1. The second kappa shape index (κ2) is 9.50. The molecule has 0 aromatic heterocycles. The van der Waals surface area contributed by atoms with E-state index in [-0.39, 0.29) is 17.5 Å². The van der Waals surface area contributed by atoms with Gasteiger partial charge in [0.15, 0.2) is 12.4 Å².